The molecule has 0 unspecified atom stereocenters. The molecular formula is C13H20N2O2. The number of carbonyl (C=O) groups is 1. The van der Waals surface area contributed by atoms with Crippen molar-refractivity contribution in [3.05, 3.63) is 23.8 Å². The standard InChI is InChI=1S/C13H20N2O2/c1-9(17)11-5-4-10(6-12(11)14)15-7-13(2,3)8-16/h4-6,15-16H,7-8,14H2,1-3H3. The summed E-state index contributed by atoms with van der Waals surface area (Å²) in [5, 5.41) is 12.3. The van der Waals surface area contributed by atoms with Crippen molar-refractivity contribution in [2.45, 2.75) is 20.8 Å². The summed E-state index contributed by atoms with van der Waals surface area (Å²) in [5.41, 5.74) is 7.47. The zero-order valence-corrected chi connectivity index (χ0v) is 10.6. The Morgan fingerprint density at radius 3 is 2.59 bits per heavy atom. The zero-order chi connectivity index (χ0) is 13.1. The van der Waals surface area contributed by atoms with E-state index in [2.05, 4.69) is 5.32 Å². The summed E-state index contributed by atoms with van der Waals surface area (Å²) in [7, 11) is 0. The molecule has 0 bridgehead atoms. The highest BCUT2D eigenvalue weighted by Crippen LogP contribution is 2.20. The Labute approximate surface area is 102 Å². The van der Waals surface area contributed by atoms with E-state index in [0.29, 0.717) is 17.8 Å². The fourth-order valence-electron chi connectivity index (χ4n) is 1.39. The first-order valence-electron chi connectivity index (χ1n) is 5.61. The number of nitrogens with two attached hydrogens (primary N) is 1. The van der Waals surface area contributed by atoms with E-state index < -0.39 is 0 Å². The van der Waals surface area contributed by atoms with Gasteiger partial charge in [0, 0.05) is 35.5 Å². The molecule has 0 fully saturated rings. The number of ketones is 1. The highest BCUT2D eigenvalue weighted by Gasteiger charge is 2.16. The maximum Gasteiger partial charge on any atom is 0.161 e. The minimum atomic E-state index is -0.186. The maximum atomic E-state index is 11.2. The topological polar surface area (TPSA) is 75.3 Å². The van der Waals surface area contributed by atoms with Gasteiger partial charge >= 0.3 is 0 Å². The average molecular weight is 236 g/mol. The van der Waals surface area contributed by atoms with Crippen LogP contribution in [0.5, 0.6) is 0 Å². The number of hydrogen-bond donors (Lipinski definition) is 3. The third-order valence-electron chi connectivity index (χ3n) is 2.63. The minimum Gasteiger partial charge on any atom is -0.398 e. The number of nitrogens with one attached hydrogen (secondary N) is 1. The molecule has 0 saturated heterocycles. The largest absolute Gasteiger partial charge is 0.398 e. The van der Waals surface area contributed by atoms with Gasteiger partial charge in [0.2, 0.25) is 0 Å². The van der Waals surface area contributed by atoms with Gasteiger partial charge in [-0.15, -0.1) is 0 Å². The van der Waals surface area contributed by atoms with Crippen molar-refractivity contribution in [1.29, 1.82) is 0 Å². The molecule has 0 saturated carbocycles. The molecule has 0 aliphatic rings. The van der Waals surface area contributed by atoms with E-state index in [4.69, 9.17) is 10.8 Å². The molecule has 1 aromatic rings. The predicted octanol–water partition coefficient (Wildman–Crippen LogP) is 1.90. The van der Waals surface area contributed by atoms with Gasteiger partial charge in [0.1, 0.15) is 0 Å². The fraction of sp³-hybridized carbons (Fsp3) is 0.462. The first-order valence-corrected chi connectivity index (χ1v) is 5.61. The smallest absolute Gasteiger partial charge is 0.161 e. The lowest BCUT2D eigenvalue weighted by Crippen LogP contribution is -2.26. The minimum absolute atomic E-state index is 0.0373. The number of aliphatic hydroxyl groups is 1. The van der Waals surface area contributed by atoms with Gasteiger partial charge in [-0.2, -0.15) is 0 Å². The van der Waals surface area contributed by atoms with Crippen LogP contribution in [0.15, 0.2) is 18.2 Å². The fourth-order valence-corrected chi connectivity index (χ4v) is 1.39. The molecule has 4 nitrogen and oxygen atoms in total. The van der Waals surface area contributed by atoms with Gasteiger partial charge in [-0.1, -0.05) is 13.8 Å². The summed E-state index contributed by atoms with van der Waals surface area (Å²) in [5.74, 6) is -0.0373. The lowest BCUT2D eigenvalue weighted by atomic mass is 9.95. The van der Waals surface area contributed by atoms with E-state index in [1.807, 2.05) is 19.9 Å². The van der Waals surface area contributed by atoms with Gasteiger partial charge in [-0.05, 0) is 25.1 Å². The van der Waals surface area contributed by atoms with Gasteiger partial charge in [-0.3, -0.25) is 4.79 Å². The van der Waals surface area contributed by atoms with E-state index in [0.717, 1.165) is 5.69 Å². The van der Waals surface area contributed by atoms with E-state index in [9.17, 15) is 4.79 Å². The van der Waals surface area contributed by atoms with E-state index in [1.165, 1.54) is 6.92 Å². The predicted molar refractivity (Wildman–Crippen MR) is 70.2 cm³/mol. The van der Waals surface area contributed by atoms with Crippen LogP contribution in [0.3, 0.4) is 0 Å². The Morgan fingerprint density at radius 1 is 1.47 bits per heavy atom. The monoisotopic (exact) mass is 236 g/mol. The van der Waals surface area contributed by atoms with Crippen molar-refractivity contribution in [2.24, 2.45) is 5.41 Å². The number of carbonyl (C=O) groups excluding carboxylic acids is 1. The molecule has 0 aliphatic carbocycles. The molecule has 1 rings (SSSR count). The van der Waals surface area contributed by atoms with Crippen LogP contribution >= 0.6 is 0 Å². The zero-order valence-electron chi connectivity index (χ0n) is 10.6. The molecule has 94 valence electrons. The molecule has 0 heterocycles. The summed E-state index contributed by atoms with van der Waals surface area (Å²) in [6.07, 6.45) is 0. The van der Waals surface area contributed by atoms with Crippen LogP contribution in [0.25, 0.3) is 0 Å². The Hall–Kier alpha value is -1.55. The van der Waals surface area contributed by atoms with Crippen LogP contribution in [0.4, 0.5) is 11.4 Å². The molecule has 4 N–H and O–H groups in total. The molecule has 0 aromatic heterocycles. The van der Waals surface area contributed by atoms with Crippen molar-refractivity contribution in [3.63, 3.8) is 0 Å². The molecular weight excluding hydrogens is 216 g/mol. The molecule has 4 heteroatoms. The Balaban J connectivity index is 2.75. The maximum absolute atomic E-state index is 11.2. The molecule has 0 aliphatic heterocycles. The highest BCUT2D eigenvalue weighted by atomic mass is 16.3. The van der Waals surface area contributed by atoms with Crippen molar-refractivity contribution >= 4 is 17.2 Å². The first-order chi connectivity index (χ1) is 7.85. The summed E-state index contributed by atoms with van der Waals surface area (Å²) in [4.78, 5) is 11.2. The summed E-state index contributed by atoms with van der Waals surface area (Å²) in [6.45, 7) is 6.18. The Bertz CT molecular complexity index is 414. The average Bonchev–Trinajstić information content (AvgIpc) is 2.26. The van der Waals surface area contributed by atoms with Crippen LogP contribution in [0.1, 0.15) is 31.1 Å². The SMILES string of the molecule is CC(=O)c1ccc(NCC(C)(C)CO)cc1N. The number of hydrogen-bond acceptors (Lipinski definition) is 4. The summed E-state index contributed by atoms with van der Waals surface area (Å²) in [6, 6.07) is 5.27. The summed E-state index contributed by atoms with van der Waals surface area (Å²) >= 11 is 0. The lowest BCUT2D eigenvalue weighted by Gasteiger charge is -2.22. The lowest BCUT2D eigenvalue weighted by molar-refractivity contribution is 0.101. The quantitative estimate of drug-likeness (QED) is 0.539. The molecule has 0 radical (unpaired) electrons. The van der Waals surface area contributed by atoms with Crippen molar-refractivity contribution < 1.29 is 9.90 Å². The second kappa shape index (κ2) is 5.19. The molecule has 0 amide bonds. The van der Waals surface area contributed by atoms with Gasteiger partial charge in [-0.25, -0.2) is 0 Å². The third-order valence-corrected chi connectivity index (χ3v) is 2.63. The molecule has 17 heavy (non-hydrogen) atoms. The van der Waals surface area contributed by atoms with Crippen molar-refractivity contribution in [3.8, 4) is 0 Å². The van der Waals surface area contributed by atoms with Crippen LogP contribution in [0, 0.1) is 5.41 Å². The number of rotatable bonds is 5. The van der Waals surface area contributed by atoms with E-state index in [1.54, 1.807) is 12.1 Å². The molecule has 0 spiro atoms. The molecule has 1 aromatic carbocycles. The summed E-state index contributed by atoms with van der Waals surface area (Å²) < 4.78 is 0. The highest BCUT2D eigenvalue weighted by molar-refractivity contribution is 5.99. The van der Waals surface area contributed by atoms with Crippen LogP contribution in [-0.2, 0) is 0 Å². The van der Waals surface area contributed by atoms with Crippen LogP contribution < -0.4 is 11.1 Å². The second-order valence-electron chi connectivity index (χ2n) is 5.03. The van der Waals surface area contributed by atoms with Crippen LogP contribution in [-0.4, -0.2) is 24.0 Å². The van der Waals surface area contributed by atoms with Gasteiger partial charge < -0.3 is 16.2 Å². The van der Waals surface area contributed by atoms with Crippen LogP contribution in [0.2, 0.25) is 0 Å². The van der Waals surface area contributed by atoms with Gasteiger partial charge in [0.05, 0.1) is 0 Å². The first kappa shape index (κ1) is 13.5. The number of Topliss-reactive ketones (excluding diaryl/α,β-unsaturated/α-hetero) is 1. The van der Waals surface area contributed by atoms with Gasteiger partial charge in [0.15, 0.2) is 5.78 Å². The second-order valence-corrected chi connectivity index (χ2v) is 5.03. The Kier molecular flexibility index (Phi) is 4.12. The van der Waals surface area contributed by atoms with Crippen molar-refractivity contribution in [2.75, 3.05) is 24.2 Å². The van der Waals surface area contributed by atoms with E-state index >= 15 is 0 Å². The van der Waals surface area contributed by atoms with Gasteiger partial charge in [0.25, 0.3) is 0 Å². The number of benzene rings is 1. The third kappa shape index (κ3) is 3.75. The molecule has 0 atom stereocenters. The van der Waals surface area contributed by atoms with Crippen molar-refractivity contribution in [1.82, 2.24) is 0 Å². The number of anilines is 2. The number of aliphatic hydroxyl groups excluding tert-OH is 1. The Morgan fingerprint density at radius 2 is 2.12 bits per heavy atom. The number of nitrogen functional groups attached to an aromatic ring is 1. The normalized spacial score (nSPS) is 11.3. The van der Waals surface area contributed by atoms with E-state index in [-0.39, 0.29) is 17.8 Å².